The van der Waals surface area contributed by atoms with E-state index in [1.165, 1.54) is 6.07 Å². The van der Waals surface area contributed by atoms with Crippen LogP contribution in [0.4, 0.5) is 14.5 Å². The molecule has 0 fully saturated rings. The quantitative estimate of drug-likeness (QED) is 0.785. The topological polar surface area (TPSA) is 67.4 Å². The maximum absolute atomic E-state index is 13.0. The second-order valence-electron chi connectivity index (χ2n) is 4.70. The summed E-state index contributed by atoms with van der Waals surface area (Å²) in [5.41, 5.74) is 0.0959. The predicted molar refractivity (Wildman–Crippen MR) is 87.6 cm³/mol. The van der Waals surface area contributed by atoms with Crippen molar-refractivity contribution in [2.24, 2.45) is 0 Å². The maximum Gasteiger partial charge on any atom is 0.258 e. The van der Waals surface area contributed by atoms with E-state index >= 15 is 0 Å². The van der Waals surface area contributed by atoms with Crippen molar-refractivity contribution in [2.45, 2.75) is 0 Å². The summed E-state index contributed by atoms with van der Waals surface area (Å²) in [6, 6.07) is 9.92. The van der Waals surface area contributed by atoms with Crippen LogP contribution >= 0.6 is 15.9 Å². The lowest BCUT2D eigenvalue weighted by atomic mass is 10.3. The van der Waals surface area contributed by atoms with Gasteiger partial charge in [-0.05, 0) is 30.3 Å². The van der Waals surface area contributed by atoms with Crippen LogP contribution in [-0.4, -0.2) is 25.0 Å². The molecule has 2 rings (SSSR count). The van der Waals surface area contributed by atoms with Crippen LogP contribution in [0.5, 0.6) is 5.75 Å². The van der Waals surface area contributed by atoms with Gasteiger partial charge < -0.3 is 15.4 Å². The van der Waals surface area contributed by atoms with Gasteiger partial charge in [0.1, 0.15) is 5.75 Å². The molecular formula is C16H13BrF2N2O3. The van der Waals surface area contributed by atoms with Crippen molar-refractivity contribution in [2.75, 3.05) is 18.5 Å². The van der Waals surface area contributed by atoms with Crippen molar-refractivity contribution in [1.82, 2.24) is 5.32 Å². The first-order valence-electron chi connectivity index (χ1n) is 6.84. The van der Waals surface area contributed by atoms with Gasteiger partial charge in [-0.15, -0.1) is 0 Å². The molecule has 0 radical (unpaired) electrons. The molecule has 0 aliphatic carbocycles. The molecule has 0 unspecified atom stereocenters. The summed E-state index contributed by atoms with van der Waals surface area (Å²) in [5.74, 6) is -2.64. The average molecular weight is 399 g/mol. The van der Waals surface area contributed by atoms with Crippen molar-refractivity contribution < 1.29 is 23.1 Å². The van der Waals surface area contributed by atoms with E-state index in [9.17, 15) is 18.4 Å². The second-order valence-corrected chi connectivity index (χ2v) is 5.62. The molecule has 0 saturated heterocycles. The van der Waals surface area contributed by atoms with Crippen molar-refractivity contribution in [3.63, 3.8) is 0 Å². The molecule has 0 aliphatic heterocycles. The Bertz CT molecular complexity index is 756. The molecule has 0 atom stereocenters. The van der Waals surface area contributed by atoms with Gasteiger partial charge in [0, 0.05) is 16.2 Å². The Kier molecular flexibility index (Phi) is 6.25. The molecule has 5 nitrogen and oxygen atoms in total. The number of halogens is 3. The summed E-state index contributed by atoms with van der Waals surface area (Å²) in [5, 5.41) is 4.70. The Labute approximate surface area is 145 Å². The molecule has 2 N–H and O–H groups in total. The second kappa shape index (κ2) is 8.39. The van der Waals surface area contributed by atoms with E-state index in [1.807, 2.05) is 6.07 Å². The van der Waals surface area contributed by atoms with Crippen LogP contribution in [0, 0.1) is 11.6 Å². The molecule has 0 aliphatic rings. The highest BCUT2D eigenvalue weighted by molar-refractivity contribution is 9.10. The van der Waals surface area contributed by atoms with Gasteiger partial charge in [-0.1, -0.05) is 22.0 Å². The lowest BCUT2D eigenvalue weighted by molar-refractivity contribution is -0.125. The molecule has 8 heteroatoms. The minimum absolute atomic E-state index is 0.0959. The van der Waals surface area contributed by atoms with Gasteiger partial charge in [0.15, 0.2) is 18.2 Å². The molecule has 2 aromatic carbocycles. The maximum atomic E-state index is 13.0. The number of benzene rings is 2. The fourth-order valence-electron chi connectivity index (χ4n) is 1.71. The molecule has 0 saturated carbocycles. The van der Waals surface area contributed by atoms with E-state index in [1.54, 1.807) is 18.2 Å². The number of nitrogens with one attached hydrogen (secondary N) is 2. The Hall–Kier alpha value is -2.48. The highest BCUT2D eigenvalue weighted by atomic mass is 79.9. The normalized spacial score (nSPS) is 10.1. The van der Waals surface area contributed by atoms with E-state index in [0.29, 0.717) is 5.75 Å². The van der Waals surface area contributed by atoms with Crippen LogP contribution in [0.3, 0.4) is 0 Å². The summed E-state index contributed by atoms with van der Waals surface area (Å²) in [6.45, 7) is -0.575. The van der Waals surface area contributed by atoms with Gasteiger partial charge in [0.2, 0.25) is 5.91 Å². The zero-order valence-corrected chi connectivity index (χ0v) is 13.9. The largest absolute Gasteiger partial charge is 0.484 e. The molecule has 0 spiro atoms. The summed E-state index contributed by atoms with van der Waals surface area (Å²) < 4.78 is 31.9. The number of rotatable bonds is 6. The number of hydrogen-bond donors (Lipinski definition) is 2. The molecule has 2 amide bonds. The van der Waals surface area contributed by atoms with E-state index in [-0.39, 0.29) is 18.8 Å². The Morgan fingerprint density at radius 2 is 1.83 bits per heavy atom. The first kappa shape index (κ1) is 17.9. The van der Waals surface area contributed by atoms with Gasteiger partial charge >= 0.3 is 0 Å². The molecule has 0 bridgehead atoms. The molecule has 24 heavy (non-hydrogen) atoms. The average Bonchev–Trinajstić information content (AvgIpc) is 2.54. The first-order valence-corrected chi connectivity index (χ1v) is 7.63. The van der Waals surface area contributed by atoms with Gasteiger partial charge in [-0.2, -0.15) is 0 Å². The minimum atomic E-state index is -1.07. The van der Waals surface area contributed by atoms with Crippen molar-refractivity contribution in [3.8, 4) is 5.75 Å². The third-order valence-corrected chi connectivity index (χ3v) is 3.31. The molecule has 2 aromatic rings. The van der Waals surface area contributed by atoms with Crippen LogP contribution in [-0.2, 0) is 9.59 Å². The summed E-state index contributed by atoms with van der Waals surface area (Å²) in [4.78, 5) is 23.3. The Balaban J connectivity index is 1.74. The molecular weight excluding hydrogens is 386 g/mol. The number of carbonyl (C=O) groups is 2. The monoisotopic (exact) mass is 398 g/mol. The zero-order chi connectivity index (χ0) is 17.5. The smallest absolute Gasteiger partial charge is 0.258 e. The van der Waals surface area contributed by atoms with E-state index in [2.05, 4.69) is 26.6 Å². The number of anilines is 1. The number of hydrogen-bond acceptors (Lipinski definition) is 3. The summed E-state index contributed by atoms with van der Waals surface area (Å²) in [7, 11) is 0. The first-order chi connectivity index (χ1) is 11.4. The minimum Gasteiger partial charge on any atom is -0.484 e. The highest BCUT2D eigenvalue weighted by Crippen LogP contribution is 2.17. The van der Waals surface area contributed by atoms with Crippen molar-refractivity contribution in [1.29, 1.82) is 0 Å². The van der Waals surface area contributed by atoms with Crippen molar-refractivity contribution >= 4 is 33.4 Å². The lowest BCUT2D eigenvalue weighted by Gasteiger charge is -2.08. The van der Waals surface area contributed by atoms with E-state index in [4.69, 9.17) is 4.74 Å². The number of carbonyl (C=O) groups excluding carboxylic acids is 2. The fourth-order valence-corrected chi connectivity index (χ4v) is 2.09. The third kappa shape index (κ3) is 5.62. The fraction of sp³-hybridized carbons (Fsp3) is 0.125. The summed E-state index contributed by atoms with van der Waals surface area (Å²) in [6.07, 6.45) is 0. The van der Waals surface area contributed by atoms with Gasteiger partial charge in [-0.25, -0.2) is 8.78 Å². The molecule has 0 heterocycles. The molecule has 0 aromatic heterocycles. The Morgan fingerprint density at radius 3 is 2.54 bits per heavy atom. The summed E-state index contributed by atoms with van der Waals surface area (Å²) >= 11 is 3.28. The zero-order valence-electron chi connectivity index (χ0n) is 12.3. The standard InChI is InChI=1S/C16H13BrF2N2O3/c17-10-2-1-3-12(6-10)24-9-16(23)20-8-15(22)21-11-4-5-13(18)14(19)7-11/h1-7H,8-9H2,(H,20,23)(H,21,22). The van der Waals surface area contributed by atoms with Gasteiger partial charge in [0.05, 0.1) is 6.54 Å². The predicted octanol–water partition coefficient (Wildman–Crippen LogP) is 2.86. The molecule has 126 valence electrons. The lowest BCUT2D eigenvalue weighted by Crippen LogP contribution is -2.35. The highest BCUT2D eigenvalue weighted by Gasteiger charge is 2.09. The van der Waals surface area contributed by atoms with Crippen LogP contribution in [0.15, 0.2) is 46.9 Å². The third-order valence-electron chi connectivity index (χ3n) is 2.82. The van der Waals surface area contributed by atoms with Crippen LogP contribution in [0.25, 0.3) is 0 Å². The Morgan fingerprint density at radius 1 is 1.04 bits per heavy atom. The van der Waals surface area contributed by atoms with Crippen LogP contribution < -0.4 is 15.4 Å². The number of ether oxygens (including phenoxy) is 1. The van der Waals surface area contributed by atoms with Crippen LogP contribution in [0.1, 0.15) is 0 Å². The van der Waals surface area contributed by atoms with E-state index in [0.717, 1.165) is 16.6 Å². The van der Waals surface area contributed by atoms with E-state index < -0.39 is 23.4 Å². The van der Waals surface area contributed by atoms with Crippen LogP contribution in [0.2, 0.25) is 0 Å². The number of amides is 2. The van der Waals surface area contributed by atoms with Gasteiger partial charge in [0.25, 0.3) is 5.91 Å². The van der Waals surface area contributed by atoms with Gasteiger partial charge in [-0.3, -0.25) is 9.59 Å². The SMILES string of the molecule is O=C(COc1cccc(Br)c1)NCC(=O)Nc1ccc(F)c(F)c1. The van der Waals surface area contributed by atoms with Crippen molar-refractivity contribution in [3.05, 3.63) is 58.6 Å².